The zero-order valence-electron chi connectivity index (χ0n) is 15.6. The summed E-state index contributed by atoms with van der Waals surface area (Å²) in [6.45, 7) is 8.05. The van der Waals surface area contributed by atoms with Crippen molar-refractivity contribution < 1.29 is 4.79 Å². The molecule has 7 nitrogen and oxygen atoms in total. The number of fused-ring (bicyclic) bond motifs is 3. The number of aryl methyl sites for hydroxylation is 1. The molecule has 0 aliphatic carbocycles. The third-order valence-corrected chi connectivity index (χ3v) is 5.24. The topological polar surface area (TPSA) is 72.5 Å². The van der Waals surface area contributed by atoms with Crippen LogP contribution in [0.3, 0.4) is 0 Å². The first-order valence-corrected chi connectivity index (χ1v) is 9.58. The smallest absolute Gasteiger partial charge is 0.262 e. The molecule has 0 spiro atoms. The van der Waals surface area contributed by atoms with Crippen LogP contribution in [0.25, 0.3) is 16.7 Å². The summed E-state index contributed by atoms with van der Waals surface area (Å²) < 4.78 is 3.32. The number of hydrogen-bond acceptors (Lipinski definition) is 5. The molecular formula is C18H23N5O2S. The monoisotopic (exact) mass is 373 g/mol. The Balaban J connectivity index is 2.00. The molecule has 0 bridgehead atoms. The van der Waals surface area contributed by atoms with Gasteiger partial charge in [-0.05, 0) is 39.8 Å². The summed E-state index contributed by atoms with van der Waals surface area (Å²) in [5.41, 5.74) is 0.633. The minimum absolute atomic E-state index is 0.0610. The molecule has 0 saturated heterocycles. The Morgan fingerprint density at radius 2 is 1.81 bits per heavy atom. The lowest BCUT2D eigenvalue weighted by Gasteiger charge is -2.30. The van der Waals surface area contributed by atoms with Crippen molar-refractivity contribution in [1.29, 1.82) is 0 Å². The molecule has 0 atom stereocenters. The van der Waals surface area contributed by atoms with E-state index in [4.69, 9.17) is 0 Å². The molecule has 3 rings (SSSR count). The number of carbonyl (C=O) groups excluding carboxylic acids is 1. The molecule has 0 N–H and O–H groups in total. The summed E-state index contributed by atoms with van der Waals surface area (Å²) in [5, 5.41) is 9.57. The normalized spacial score (nSPS) is 11.8. The van der Waals surface area contributed by atoms with Crippen molar-refractivity contribution in [3.8, 4) is 0 Å². The highest BCUT2D eigenvalue weighted by Crippen LogP contribution is 2.22. The summed E-state index contributed by atoms with van der Waals surface area (Å²) in [4.78, 5) is 27.0. The van der Waals surface area contributed by atoms with Crippen LogP contribution in [0.5, 0.6) is 0 Å². The lowest BCUT2D eigenvalue weighted by molar-refractivity contribution is -0.131. The molecule has 2 heterocycles. The maximum atomic E-state index is 12.6. The van der Waals surface area contributed by atoms with E-state index in [2.05, 4.69) is 10.2 Å². The van der Waals surface area contributed by atoms with E-state index in [1.807, 2.05) is 55.2 Å². The molecule has 1 amide bonds. The van der Waals surface area contributed by atoms with Crippen LogP contribution in [0.2, 0.25) is 0 Å². The van der Waals surface area contributed by atoms with Gasteiger partial charge in [0, 0.05) is 19.1 Å². The standard InChI is InChI=1S/C18H23N5O2S/c1-11(2)22(12(3)4)15(24)10-26-18-20-19-17-21(5)16(25)13-8-6-7-9-14(13)23(17)18/h6-9,11-12H,10H2,1-5H3. The van der Waals surface area contributed by atoms with Crippen LogP contribution in [0.4, 0.5) is 0 Å². The van der Waals surface area contributed by atoms with Crippen LogP contribution in [-0.4, -0.2) is 47.8 Å². The van der Waals surface area contributed by atoms with Gasteiger partial charge in [-0.25, -0.2) is 0 Å². The van der Waals surface area contributed by atoms with Gasteiger partial charge in [-0.3, -0.25) is 18.6 Å². The van der Waals surface area contributed by atoms with Gasteiger partial charge in [0.2, 0.25) is 11.7 Å². The average Bonchev–Trinajstić information content (AvgIpc) is 3.01. The number of benzene rings is 1. The highest BCUT2D eigenvalue weighted by molar-refractivity contribution is 7.99. The molecule has 0 aliphatic rings. The summed E-state index contributed by atoms with van der Waals surface area (Å²) in [6.07, 6.45) is 0. The third-order valence-electron chi connectivity index (χ3n) is 4.32. The fraction of sp³-hybridized carbons (Fsp3) is 0.444. The number of para-hydroxylation sites is 1. The first-order chi connectivity index (χ1) is 12.3. The van der Waals surface area contributed by atoms with E-state index < -0.39 is 0 Å². The highest BCUT2D eigenvalue weighted by atomic mass is 32.2. The highest BCUT2D eigenvalue weighted by Gasteiger charge is 2.22. The molecule has 138 valence electrons. The zero-order valence-corrected chi connectivity index (χ0v) is 16.4. The van der Waals surface area contributed by atoms with Crippen molar-refractivity contribution in [2.45, 2.75) is 44.9 Å². The van der Waals surface area contributed by atoms with Gasteiger partial charge in [-0.2, -0.15) is 0 Å². The minimum Gasteiger partial charge on any atom is -0.337 e. The average molecular weight is 373 g/mol. The second-order valence-corrected chi connectivity index (χ2v) is 7.72. The number of amides is 1. The zero-order chi connectivity index (χ0) is 19.0. The van der Waals surface area contributed by atoms with Crippen LogP contribution in [0, 0.1) is 0 Å². The Kier molecular flexibility index (Phi) is 5.04. The van der Waals surface area contributed by atoms with Crippen molar-refractivity contribution in [1.82, 2.24) is 24.1 Å². The van der Waals surface area contributed by atoms with Crippen LogP contribution < -0.4 is 5.56 Å². The number of rotatable bonds is 5. The molecule has 0 fully saturated rings. The maximum Gasteiger partial charge on any atom is 0.262 e. The molecule has 0 saturated carbocycles. The summed E-state index contributed by atoms with van der Waals surface area (Å²) in [5.74, 6) is 0.799. The van der Waals surface area contributed by atoms with E-state index in [0.29, 0.717) is 16.3 Å². The molecule has 0 unspecified atom stereocenters. The molecule has 1 aromatic carbocycles. The second-order valence-electron chi connectivity index (χ2n) is 6.78. The van der Waals surface area contributed by atoms with E-state index in [1.165, 1.54) is 16.3 Å². The van der Waals surface area contributed by atoms with Crippen molar-refractivity contribution in [2.24, 2.45) is 7.05 Å². The predicted octanol–water partition coefficient (Wildman–Crippen LogP) is 2.32. The van der Waals surface area contributed by atoms with Crippen molar-refractivity contribution in [3.05, 3.63) is 34.6 Å². The molecule has 0 radical (unpaired) electrons. The Hall–Kier alpha value is -2.35. The summed E-state index contributed by atoms with van der Waals surface area (Å²) >= 11 is 1.34. The molecule has 2 aromatic heterocycles. The molecule has 3 aromatic rings. The van der Waals surface area contributed by atoms with Gasteiger partial charge in [0.15, 0.2) is 5.16 Å². The van der Waals surface area contributed by atoms with Gasteiger partial charge >= 0.3 is 0 Å². The predicted molar refractivity (Wildman–Crippen MR) is 104 cm³/mol. The number of carbonyl (C=O) groups is 1. The number of hydrogen-bond donors (Lipinski definition) is 0. The van der Waals surface area contributed by atoms with Crippen molar-refractivity contribution >= 4 is 34.3 Å². The number of nitrogens with zero attached hydrogens (tertiary/aromatic N) is 5. The van der Waals surface area contributed by atoms with Crippen LogP contribution in [0.15, 0.2) is 34.2 Å². The Morgan fingerprint density at radius 1 is 1.15 bits per heavy atom. The van der Waals surface area contributed by atoms with Gasteiger partial charge in [0.1, 0.15) is 0 Å². The molecule has 0 aliphatic heterocycles. The van der Waals surface area contributed by atoms with Gasteiger partial charge in [0.25, 0.3) is 5.56 Å². The first kappa shape index (κ1) is 18.4. The van der Waals surface area contributed by atoms with Gasteiger partial charge in [-0.15, -0.1) is 10.2 Å². The molecule has 8 heteroatoms. The maximum absolute atomic E-state index is 12.6. The van der Waals surface area contributed by atoms with Gasteiger partial charge in [-0.1, -0.05) is 23.9 Å². The number of aromatic nitrogens is 4. The van der Waals surface area contributed by atoms with E-state index in [0.717, 1.165) is 5.52 Å². The Labute approximate surface area is 156 Å². The quantitative estimate of drug-likeness (QED) is 0.642. The van der Waals surface area contributed by atoms with Gasteiger partial charge in [0.05, 0.1) is 16.7 Å². The lowest BCUT2D eigenvalue weighted by atomic mass is 10.2. The first-order valence-electron chi connectivity index (χ1n) is 8.59. The van der Waals surface area contributed by atoms with Gasteiger partial charge < -0.3 is 4.90 Å². The van der Waals surface area contributed by atoms with Crippen LogP contribution in [-0.2, 0) is 11.8 Å². The largest absolute Gasteiger partial charge is 0.337 e. The minimum atomic E-state index is -0.112. The SMILES string of the molecule is CC(C)N(C(=O)CSc1nnc2n(C)c(=O)c3ccccc3n12)C(C)C. The van der Waals surface area contributed by atoms with Crippen LogP contribution in [0.1, 0.15) is 27.7 Å². The number of thioether (sulfide) groups is 1. The summed E-state index contributed by atoms with van der Waals surface area (Å²) in [7, 11) is 1.68. The lowest BCUT2D eigenvalue weighted by Crippen LogP contribution is -2.43. The second kappa shape index (κ2) is 7.11. The molecular weight excluding hydrogens is 350 g/mol. The van der Waals surface area contributed by atoms with Crippen molar-refractivity contribution in [2.75, 3.05) is 5.75 Å². The van der Waals surface area contributed by atoms with E-state index in [9.17, 15) is 9.59 Å². The molecule has 26 heavy (non-hydrogen) atoms. The Morgan fingerprint density at radius 3 is 2.46 bits per heavy atom. The van der Waals surface area contributed by atoms with E-state index in [-0.39, 0.29) is 29.3 Å². The van der Waals surface area contributed by atoms with E-state index in [1.54, 1.807) is 13.1 Å². The van der Waals surface area contributed by atoms with E-state index >= 15 is 0 Å². The third kappa shape index (κ3) is 3.09. The fourth-order valence-electron chi connectivity index (χ4n) is 3.28. The van der Waals surface area contributed by atoms with Crippen molar-refractivity contribution in [3.63, 3.8) is 0 Å². The summed E-state index contributed by atoms with van der Waals surface area (Å²) in [6, 6.07) is 7.64. The fourth-order valence-corrected chi connectivity index (χ4v) is 4.09. The van der Waals surface area contributed by atoms with Crippen LogP contribution >= 0.6 is 11.8 Å². The Bertz CT molecular complexity index is 1010.